The molecule has 1 aromatic heterocycles. The number of oxime groups is 1. The summed E-state index contributed by atoms with van der Waals surface area (Å²) in [6.45, 7) is 6.52. The van der Waals surface area contributed by atoms with Crippen molar-refractivity contribution in [1.29, 1.82) is 0 Å². The van der Waals surface area contributed by atoms with Gasteiger partial charge in [0.1, 0.15) is 5.84 Å². The summed E-state index contributed by atoms with van der Waals surface area (Å²) in [6.07, 6.45) is 2.28. The van der Waals surface area contributed by atoms with Crippen LogP contribution in [-0.4, -0.2) is 28.2 Å². The SMILES string of the molecule is CC(CC(N)=NO)NCc1cccnc1OC(C)C. The molecule has 0 aliphatic carbocycles. The number of nitrogens with two attached hydrogens (primary N) is 1. The van der Waals surface area contributed by atoms with Crippen molar-refractivity contribution >= 4 is 5.84 Å². The van der Waals surface area contributed by atoms with E-state index in [4.69, 9.17) is 15.7 Å². The zero-order valence-electron chi connectivity index (χ0n) is 11.6. The van der Waals surface area contributed by atoms with Gasteiger partial charge in [0.15, 0.2) is 0 Å². The fraction of sp³-hybridized carbons (Fsp3) is 0.538. The second kappa shape index (κ2) is 7.58. The maximum atomic E-state index is 8.52. The van der Waals surface area contributed by atoms with Gasteiger partial charge < -0.3 is 21.0 Å². The Hall–Kier alpha value is -1.82. The summed E-state index contributed by atoms with van der Waals surface area (Å²) < 4.78 is 5.64. The first-order valence-electron chi connectivity index (χ1n) is 6.33. The Kier molecular flexibility index (Phi) is 6.08. The van der Waals surface area contributed by atoms with E-state index >= 15 is 0 Å². The topological polar surface area (TPSA) is 92.8 Å². The van der Waals surface area contributed by atoms with E-state index in [-0.39, 0.29) is 18.0 Å². The molecule has 0 amide bonds. The summed E-state index contributed by atoms with van der Waals surface area (Å²) in [5.41, 5.74) is 6.45. The molecule has 0 radical (unpaired) electrons. The van der Waals surface area contributed by atoms with Gasteiger partial charge in [-0.2, -0.15) is 0 Å². The Bertz CT molecular complexity index is 421. The molecule has 6 heteroatoms. The van der Waals surface area contributed by atoms with Crippen LogP contribution in [0.15, 0.2) is 23.5 Å². The summed E-state index contributed by atoms with van der Waals surface area (Å²) in [5, 5.41) is 14.8. The van der Waals surface area contributed by atoms with Crippen LogP contribution in [0.25, 0.3) is 0 Å². The number of amidine groups is 1. The van der Waals surface area contributed by atoms with Gasteiger partial charge in [-0.3, -0.25) is 0 Å². The highest BCUT2D eigenvalue weighted by atomic mass is 16.5. The number of hydrogen-bond donors (Lipinski definition) is 3. The molecule has 0 aromatic carbocycles. The number of ether oxygens (including phenoxy) is 1. The zero-order chi connectivity index (χ0) is 14.3. The van der Waals surface area contributed by atoms with E-state index in [0.717, 1.165) is 5.56 Å². The van der Waals surface area contributed by atoms with E-state index < -0.39 is 0 Å². The number of pyridine rings is 1. The van der Waals surface area contributed by atoms with Gasteiger partial charge in [-0.15, -0.1) is 0 Å². The van der Waals surface area contributed by atoms with Crippen LogP contribution in [-0.2, 0) is 6.54 Å². The van der Waals surface area contributed by atoms with E-state index in [1.807, 2.05) is 32.9 Å². The van der Waals surface area contributed by atoms with E-state index in [9.17, 15) is 0 Å². The molecule has 1 atom stereocenters. The summed E-state index contributed by atoms with van der Waals surface area (Å²) in [7, 11) is 0. The molecular weight excluding hydrogens is 244 g/mol. The molecule has 1 rings (SSSR count). The third kappa shape index (κ3) is 5.56. The van der Waals surface area contributed by atoms with Crippen LogP contribution in [0, 0.1) is 0 Å². The number of nitrogens with zero attached hydrogens (tertiary/aromatic N) is 2. The molecular formula is C13H22N4O2. The zero-order valence-corrected chi connectivity index (χ0v) is 11.6. The Morgan fingerprint density at radius 3 is 2.89 bits per heavy atom. The van der Waals surface area contributed by atoms with Crippen molar-refractivity contribution in [3.05, 3.63) is 23.9 Å². The number of rotatable bonds is 7. The minimum absolute atomic E-state index is 0.0863. The third-order valence-electron chi connectivity index (χ3n) is 2.48. The van der Waals surface area contributed by atoms with Gasteiger partial charge in [0, 0.05) is 30.8 Å². The van der Waals surface area contributed by atoms with Crippen LogP contribution in [0.2, 0.25) is 0 Å². The van der Waals surface area contributed by atoms with Crippen LogP contribution in [0.3, 0.4) is 0 Å². The second-order valence-corrected chi connectivity index (χ2v) is 4.71. The van der Waals surface area contributed by atoms with E-state index in [1.54, 1.807) is 6.20 Å². The quantitative estimate of drug-likeness (QED) is 0.301. The van der Waals surface area contributed by atoms with Gasteiger partial charge in [-0.1, -0.05) is 11.2 Å². The first-order chi connectivity index (χ1) is 9.02. The standard InChI is InChI=1S/C13H22N4O2/c1-9(2)19-13-11(5-4-6-15-13)8-16-10(3)7-12(14)17-18/h4-6,9-10,16,18H,7-8H2,1-3H3,(H2,14,17). The van der Waals surface area contributed by atoms with Gasteiger partial charge in [0.2, 0.25) is 5.88 Å². The fourth-order valence-electron chi connectivity index (χ4n) is 1.60. The van der Waals surface area contributed by atoms with Crippen molar-refractivity contribution in [2.45, 2.75) is 45.9 Å². The monoisotopic (exact) mass is 266 g/mol. The van der Waals surface area contributed by atoms with Crippen LogP contribution in [0.1, 0.15) is 32.8 Å². The minimum atomic E-state index is 0.0863. The molecule has 19 heavy (non-hydrogen) atoms. The lowest BCUT2D eigenvalue weighted by atomic mass is 10.2. The highest BCUT2D eigenvalue weighted by molar-refractivity contribution is 5.80. The highest BCUT2D eigenvalue weighted by Crippen LogP contribution is 2.15. The lowest BCUT2D eigenvalue weighted by Gasteiger charge is -2.16. The molecule has 1 heterocycles. The van der Waals surface area contributed by atoms with Gasteiger partial charge in [-0.05, 0) is 26.8 Å². The third-order valence-corrected chi connectivity index (χ3v) is 2.48. The maximum Gasteiger partial charge on any atom is 0.218 e. The van der Waals surface area contributed by atoms with Crippen LogP contribution in [0.4, 0.5) is 0 Å². The van der Waals surface area contributed by atoms with Crippen molar-refractivity contribution in [3.63, 3.8) is 0 Å². The predicted octanol–water partition coefficient (Wildman–Crippen LogP) is 1.48. The van der Waals surface area contributed by atoms with Gasteiger partial charge in [0.25, 0.3) is 0 Å². The number of hydrogen-bond acceptors (Lipinski definition) is 5. The molecule has 6 nitrogen and oxygen atoms in total. The molecule has 0 fully saturated rings. The van der Waals surface area contributed by atoms with E-state index in [0.29, 0.717) is 18.8 Å². The molecule has 106 valence electrons. The molecule has 0 saturated carbocycles. The fourth-order valence-corrected chi connectivity index (χ4v) is 1.60. The first kappa shape index (κ1) is 15.2. The van der Waals surface area contributed by atoms with Crippen LogP contribution >= 0.6 is 0 Å². The molecule has 0 spiro atoms. The Labute approximate surface area is 113 Å². The summed E-state index contributed by atoms with van der Waals surface area (Å²) in [6, 6.07) is 3.94. The lowest BCUT2D eigenvalue weighted by molar-refractivity contribution is 0.229. The molecule has 0 aliphatic rings. The van der Waals surface area contributed by atoms with Crippen molar-refractivity contribution in [2.24, 2.45) is 10.9 Å². The lowest BCUT2D eigenvalue weighted by Crippen LogP contribution is -2.31. The smallest absolute Gasteiger partial charge is 0.218 e. The van der Waals surface area contributed by atoms with Crippen molar-refractivity contribution in [3.8, 4) is 5.88 Å². The summed E-state index contributed by atoms with van der Waals surface area (Å²) in [4.78, 5) is 4.22. The van der Waals surface area contributed by atoms with Crippen molar-refractivity contribution in [1.82, 2.24) is 10.3 Å². The average molecular weight is 266 g/mol. The molecule has 0 saturated heterocycles. The first-order valence-corrected chi connectivity index (χ1v) is 6.33. The maximum absolute atomic E-state index is 8.52. The minimum Gasteiger partial charge on any atom is -0.475 e. The Morgan fingerprint density at radius 1 is 1.53 bits per heavy atom. The van der Waals surface area contributed by atoms with Crippen LogP contribution < -0.4 is 15.8 Å². The largest absolute Gasteiger partial charge is 0.475 e. The molecule has 0 bridgehead atoms. The highest BCUT2D eigenvalue weighted by Gasteiger charge is 2.09. The predicted molar refractivity (Wildman–Crippen MR) is 74.3 cm³/mol. The summed E-state index contributed by atoms with van der Waals surface area (Å²) in [5.74, 6) is 0.853. The molecule has 0 aliphatic heterocycles. The van der Waals surface area contributed by atoms with E-state index in [2.05, 4.69) is 15.5 Å². The average Bonchev–Trinajstić information content (AvgIpc) is 2.37. The second-order valence-electron chi connectivity index (χ2n) is 4.71. The van der Waals surface area contributed by atoms with Crippen molar-refractivity contribution in [2.75, 3.05) is 0 Å². The van der Waals surface area contributed by atoms with E-state index in [1.165, 1.54) is 0 Å². The molecule has 1 aromatic rings. The number of nitrogens with one attached hydrogen (secondary N) is 1. The molecule has 4 N–H and O–H groups in total. The molecule has 1 unspecified atom stereocenters. The number of aromatic nitrogens is 1. The van der Waals surface area contributed by atoms with Crippen molar-refractivity contribution < 1.29 is 9.94 Å². The Morgan fingerprint density at radius 2 is 2.26 bits per heavy atom. The van der Waals surface area contributed by atoms with Gasteiger partial charge in [0.05, 0.1) is 6.10 Å². The Balaban J connectivity index is 2.57. The van der Waals surface area contributed by atoms with Gasteiger partial charge in [-0.25, -0.2) is 4.98 Å². The van der Waals surface area contributed by atoms with Gasteiger partial charge >= 0.3 is 0 Å². The normalized spacial score (nSPS) is 13.6. The van der Waals surface area contributed by atoms with Crippen LogP contribution in [0.5, 0.6) is 5.88 Å². The summed E-state index contributed by atoms with van der Waals surface area (Å²) >= 11 is 0.